The summed E-state index contributed by atoms with van der Waals surface area (Å²) in [6.45, 7) is 7.85. The van der Waals surface area contributed by atoms with Crippen LogP contribution in [0, 0.1) is 17.8 Å². The normalized spacial score (nSPS) is 36.0. The Hall–Kier alpha value is -0.0800. The zero-order valence-electron chi connectivity index (χ0n) is 11.6. The second-order valence-electron chi connectivity index (χ2n) is 6.03. The molecule has 0 bridgehead atoms. The highest BCUT2D eigenvalue weighted by molar-refractivity contribution is 4.90. The van der Waals surface area contributed by atoms with E-state index in [2.05, 4.69) is 19.2 Å². The smallest absolute Gasteiger partial charge is 0.0509 e. The lowest BCUT2D eigenvalue weighted by Gasteiger charge is -2.36. The van der Waals surface area contributed by atoms with E-state index in [1.807, 2.05) is 0 Å². The van der Waals surface area contributed by atoms with E-state index in [9.17, 15) is 0 Å². The quantitative estimate of drug-likeness (QED) is 0.795. The fourth-order valence-corrected chi connectivity index (χ4v) is 3.74. The van der Waals surface area contributed by atoms with Crippen LogP contribution in [0.2, 0.25) is 0 Å². The zero-order chi connectivity index (χ0) is 12.1. The Morgan fingerprint density at radius 3 is 2.71 bits per heavy atom. The minimum atomic E-state index is 0.716. The molecule has 1 heterocycles. The van der Waals surface area contributed by atoms with Gasteiger partial charge < -0.3 is 10.1 Å². The topological polar surface area (TPSA) is 21.3 Å². The van der Waals surface area contributed by atoms with E-state index in [1.54, 1.807) is 0 Å². The molecule has 0 aromatic heterocycles. The largest absolute Gasteiger partial charge is 0.381 e. The van der Waals surface area contributed by atoms with Crippen molar-refractivity contribution >= 4 is 0 Å². The molecule has 2 aliphatic rings. The van der Waals surface area contributed by atoms with Gasteiger partial charge in [-0.1, -0.05) is 26.7 Å². The van der Waals surface area contributed by atoms with E-state index < -0.39 is 0 Å². The molecule has 2 heteroatoms. The van der Waals surface area contributed by atoms with Gasteiger partial charge in [-0.2, -0.15) is 0 Å². The van der Waals surface area contributed by atoms with Gasteiger partial charge in [-0.15, -0.1) is 0 Å². The van der Waals surface area contributed by atoms with Crippen molar-refractivity contribution in [1.82, 2.24) is 5.32 Å². The van der Waals surface area contributed by atoms with E-state index >= 15 is 0 Å². The molecule has 1 aliphatic carbocycles. The van der Waals surface area contributed by atoms with E-state index in [1.165, 1.54) is 45.1 Å². The molecule has 1 aliphatic heterocycles. The predicted octanol–water partition coefficient (Wildman–Crippen LogP) is 3.22. The Morgan fingerprint density at radius 1 is 1.24 bits per heavy atom. The van der Waals surface area contributed by atoms with Crippen LogP contribution in [0.25, 0.3) is 0 Å². The highest BCUT2D eigenvalue weighted by atomic mass is 16.5. The highest BCUT2D eigenvalue weighted by Crippen LogP contribution is 2.37. The van der Waals surface area contributed by atoms with Gasteiger partial charge in [-0.3, -0.25) is 0 Å². The summed E-state index contributed by atoms with van der Waals surface area (Å²) in [7, 11) is 0. The molecule has 4 atom stereocenters. The maximum Gasteiger partial charge on any atom is 0.0509 e. The number of rotatable bonds is 5. The van der Waals surface area contributed by atoms with Crippen LogP contribution in [0.3, 0.4) is 0 Å². The summed E-state index contributed by atoms with van der Waals surface area (Å²) in [5.41, 5.74) is 0. The molecule has 0 aromatic carbocycles. The lowest BCUT2D eigenvalue weighted by molar-refractivity contribution is 0.0252. The molecule has 4 unspecified atom stereocenters. The molecule has 1 saturated carbocycles. The van der Waals surface area contributed by atoms with E-state index in [4.69, 9.17) is 4.74 Å². The molecule has 0 amide bonds. The Morgan fingerprint density at radius 2 is 2.12 bits per heavy atom. The first-order chi connectivity index (χ1) is 8.33. The first-order valence-corrected chi connectivity index (χ1v) is 7.64. The molecule has 100 valence electrons. The van der Waals surface area contributed by atoms with Gasteiger partial charge >= 0.3 is 0 Å². The van der Waals surface area contributed by atoms with Crippen LogP contribution in [0.15, 0.2) is 0 Å². The second kappa shape index (κ2) is 6.75. The first-order valence-electron chi connectivity index (χ1n) is 7.64. The summed E-state index contributed by atoms with van der Waals surface area (Å²) in [6, 6.07) is 0.716. The standard InChI is InChI=1S/C15H29NO/c1-3-9-16-15(13-7-5-10-17-11-13)14-8-4-6-12(14)2/h12-16H,3-11H2,1-2H3. The van der Waals surface area contributed by atoms with Crippen LogP contribution >= 0.6 is 0 Å². The average Bonchev–Trinajstić information content (AvgIpc) is 2.78. The predicted molar refractivity (Wildman–Crippen MR) is 72.1 cm³/mol. The Bertz CT molecular complexity index is 213. The molecular formula is C15H29NO. The van der Waals surface area contributed by atoms with Crippen LogP contribution in [0.1, 0.15) is 52.4 Å². The molecule has 17 heavy (non-hydrogen) atoms. The lowest BCUT2D eigenvalue weighted by atomic mass is 9.80. The van der Waals surface area contributed by atoms with Crippen molar-refractivity contribution in [2.24, 2.45) is 17.8 Å². The minimum Gasteiger partial charge on any atom is -0.381 e. The molecule has 0 aromatic rings. The molecule has 0 spiro atoms. The van der Waals surface area contributed by atoms with Crippen molar-refractivity contribution < 1.29 is 4.74 Å². The molecule has 2 nitrogen and oxygen atoms in total. The van der Waals surface area contributed by atoms with Crippen molar-refractivity contribution in [3.63, 3.8) is 0 Å². The molecular weight excluding hydrogens is 210 g/mol. The molecule has 0 radical (unpaired) electrons. The van der Waals surface area contributed by atoms with Gasteiger partial charge in [-0.05, 0) is 50.0 Å². The summed E-state index contributed by atoms with van der Waals surface area (Å²) >= 11 is 0. The van der Waals surface area contributed by atoms with Gasteiger partial charge in [0, 0.05) is 12.6 Å². The third kappa shape index (κ3) is 3.45. The number of ether oxygens (including phenoxy) is 1. The van der Waals surface area contributed by atoms with E-state index in [-0.39, 0.29) is 0 Å². The van der Waals surface area contributed by atoms with E-state index in [0.717, 1.165) is 31.0 Å². The van der Waals surface area contributed by atoms with Gasteiger partial charge in [0.2, 0.25) is 0 Å². The maximum atomic E-state index is 5.70. The van der Waals surface area contributed by atoms with Crippen molar-refractivity contribution in [3.05, 3.63) is 0 Å². The molecule has 2 fully saturated rings. The van der Waals surface area contributed by atoms with Crippen molar-refractivity contribution in [1.29, 1.82) is 0 Å². The number of hydrogen-bond donors (Lipinski definition) is 1. The van der Waals surface area contributed by atoms with Crippen LogP contribution in [-0.2, 0) is 4.74 Å². The molecule has 1 N–H and O–H groups in total. The fourth-order valence-electron chi connectivity index (χ4n) is 3.74. The van der Waals surface area contributed by atoms with Crippen LogP contribution in [0.4, 0.5) is 0 Å². The van der Waals surface area contributed by atoms with Crippen LogP contribution < -0.4 is 5.32 Å². The second-order valence-corrected chi connectivity index (χ2v) is 6.03. The maximum absolute atomic E-state index is 5.70. The van der Waals surface area contributed by atoms with Crippen LogP contribution in [-0.4, -0.2) is 25.8 Å². The van der Waals surface area contributed by atoms with Gasteiger partial charge in [0.15, 0.2) is 0 Å². The third-order valence-corrected chi connectivity index (χ3v) is 4.72. The number of nitrogens with one attached hydrogen (secondary N) is 1. The number of hydrogen-bond acceptors (Lipinski definition) is 2. The van der Waals surface area contributed by atoms with Gasteiger partial charge in [0.05, 0.1) is 6.61 Å². The Balaban J connectivity index is 1.95. The first kappa shape index (κ1) is 13.4. The molecule has 2 rings (SSSR count). The average molecular weight is 239 g/mol. The zero-order valence-corrected chi connectivity index (χ0v) is 11.6. The SMILES string of the molecule is CCCNC(C1CCCOC1)C1CCCC1C. The fraction of sp³-hybridized carbons (Fsp3) is 1.00. The minimum absolute atomic E-state index is 0.716. The lowest BCUT2D eigenvalue weighted by Crippen LogP contribution is -2.46. The Labute approximate surface area is 107 Å². The van der Waals surface area contributed by atoms with Crippen molar-refractivity contribution in [3.8, 4) is 0 Å². The Kier molecular flexibility index (Phi) is 5.30. The van der Waals surface area contributed by atoms with Crippen molar-refractivity contribution in [2.75, 3.05) is 19.8 Å². The summed E-state index contributed by atoms with van der Waals surface area (Å²) in [5.74, 6) is 2.57. The summed E-state index contributed by atoms with van der Waals surface area (Å²) < 4.78 is 5.70. The van der Waals surface area contributed by atoms with E-state index in [0.29, 0.717) is 6.04 Å². The van der Waals surface area contributed by atoms with Gasteiger partial charge in [0.1, 0.15) is 0 Å². The summed E-state index contributed by atoms with van der Waals surface area (Å²) in [4.78, 5) is 0. The summed E-state index contributed by atoms with van der Waals surface area (Å²) in [6.07, 6.45) is 8.16. The monoisotopic (exact) mass is 239 g/mol. The van der Waals surface area contributed by atoms with Crippen LogP contribution in [0.5, 0.6) is 0 Å². The van der Waals surface area contributed by atoms with Gasteiger partial charge in [0.25, 0.3) is 0 Å². The molecule has 1 saturated heterocycles. The summed E-state index contributed by atoms with van der Waals surface area (Å²) in [5, 5.41) is 3.83. The third-order valence-electron chi connectivity index (χ3n) is 4.72. The van der Waals surface area contributed by atoms with Crippen molar-refractivity contribution in [2.45, 2.75) is 58.4 Å². The van der Waals surface area contributed by atoms with Gasteiger partial charge in [-0.25, -0.2) is 0 Å². The highest BCUT2D eigenvalue weighted by Gasteiger charge is 2.35.